The standard InChI is InChI=1S/C26H27FN4O2/c1-31-12-10-16(11-13-31)29-26(33)15-6-7-19-22(14-15)30-24-20(25(28)32)9-8-18(23(19)24)17-4-2-3-5-21(17)27/h2-9,14,16,23-24,30H,10-13H2,1H3,(H2,28,32)(H,29,33). The van der Waals surface area contributed by atoms with Gasteiger partial charge in [-0.25, -0.2) is 4.39 Å². The van der Waals surface area contributed by atoms with Crippen LogP contribution in [0.4, 0.5) is 10.1 Å². The second-order valence-electron chi connectivity index (χ2n) is 9.04. The average molecular weight is 447 g/mol. The van der Waals surface area contributed by atoms with Gasteiger partial charge in [0.2, 0.25) is 5.91 Å². The minimum absolute atomic E-state index is 0.112. The summed E-state index contributed by atoms with van der Waals surface area (Å²) in [4.78, 5) is 27.3. The lowest BCUT2D eigenvalue weighted by Crippen LogP contribution is -2.43. The van der Waals surface area contributed by atoms with Gasteiger partial charge in [-0.1, -0.05) is 36.4 Å². The molecule has 1 aliphatic carbocycles. The largest absolute Gasteiger partial charge is 0.377 e. The summed E-state index contributed by atoms with van der Waals surface area (Å²) < 4.78 is 14.7. The highest BCUT2D eigenvalue weighted by molar-refractivity contribution is 6.00. The van der Waals surface area contributed by atoms with Crippen LogP contribution in [0.2, 0.25) is 0 Å². The lowest BCUT2D eigenvalue weighted by molar-refractivity contribution is -0.114. The number of carbonyl (C=O) groups excluding carboxylic acids is 2. The van der Waals surface area contributed by atoms with E-state index < -0.39 is 11.9 Å². The van der Waals surface area contributed by atoms with Gasteiger partial charge < -0.3 is 21.3 Å². The fourth-order valence-electron chi connectivity index (χ4n) is 5.13. The zero-order valence-corrected chi connectivity index (χ0v) is 18.5. The fraction of sp³-hybridized carbons (Fsp3) is 0.308. The first-order chi connectivity index (χ1) is 15.9. The van der Waals surface area contributed by atoms with E-state index in [2.05, 4.69) is 22.6 Å². The van der Waals surface area contributed by atoms with Gasteiger partial charge in [0.05, 0.1) is 6.04 Å². The molecule has 0 aromatic heterocycles. The topological polar surface area (TPSA) is 87.5 Å². The number of rotatable bonds is 4. The van der Waals surface area contributed by atoms with E-state index in [9.17, 15) is 14.0 Å². The highest BCUT2D eigenvalue weighted by Crippen LogP contribution is 2.49. The maximum Gasteiger partial charge on any atom is 0.251 e. The molecule has 7 heteroatoms. The Morgan fingerprint density at radius 1 is 1.12 bits per heavy atom. The lowest BCUT2D eigenvalue weighted by Gasteiger charge is -2.29. The number of amides is 2. The average Bonchev–Trinajstić information content (AvgIpc) is 3.19. The van der Waals surface area contributed by atoms with Crippen LogP contribution in [0.5, 0.6) is 0 Å². The molecule has 2 aromatic carbocycles. The number of hydrogen-bond donors (Lipinski definition) is 3. The Morgan fingerprint density at radius 3 is 2.61 bits per heavy atom. The number of allylic oxidation sites excluding steroid dienone is 2. The molecule has 2 atom stereocenters. The van der Waals surface area contributed by atoms with Gasteiger partial charge in [-0.3, -0.25) is 9.59 Å². The van der Waals surface area contributed by atoms with Gasteiger partial charge in [-0.05, 0) is 62.3 Å². The van der Waals surface area contributed by atoms with Crippen molar-refractivity contribution in [2.24, 2.45) is 5.73 Å². The van der Waals surface area contributed by atoms with Crippen LogP contribution in [0.3, 0.4) is 0 Å². The predicted molar refractivity (Wildman–Crippen MR) is 126 cm³/mol. The monoisotopic (exact) mass is 446 g/mol. The molecule has 2 amide bonds. The van der Waals surface area contributed by atoms with Crippen molar-refractivity contribution >= 4 is 23.1 Å². The number of halogens is 1. The molecule has 170 valence electrons. The van der Waals surface area contributed by atoms with Crippen molar-refractivity contribution in [2.75, 3.05) is 25.5 Å². The molecule has 3 aliphatic rings. The third kappa shape index (κ3) is 3.93. The minimum Gasteiger partial charge on any atom is -0.377 e. The van der Waals surface area contributed by atoms with Crippen molar-refractivity contribution in [1.82, 2.24) is 10.2 Å². The predicted octanol–water partition coefficient (Wildman–Crippen LogP) is 3.04. The summed E-state index contributed by atoms with van der Waals surface area (Å²) >= 11 is 0. The zero-order valence-electron chi connectivity index (χ0n) is 18.5. The molecule has 0 spiro atoms. The number of likely N-dealkylation sites (tertiary alicyclic amines) is 1. The molecule has 5 rings (SSSR count). The first-order valence-electron chi connectivity index (χ1n) is 11.3. The van der Waals surface area contributed by atoms with Crippen molar-refractivity contribution in [2.45, 2.75) is 30.8 Å². The van der Waals surface area contributed by atoms with E-state index in [1.54, 1.807) is 36.4 Å². The van der Waals surface area contributed by atoms with E-state index in [1.165, 1.54) is 6.07 Å². The summed E-state index contributed by atoms with van der Waals surface area (Å²) in [5, 5.41) is 6.51. The van der Waals surface area contributed by atoms with Crippen LogP contribution in [-0.2, 0) is 4.79 Å². The van der Waals surface area contributed by atoms with Crippen LogP contribution < -0.4 is 16.4 Å². The summed E-state index contributed by atoms with van der Waals surface area (Å²) in [5.74, 6) is -1.23. The van der Waals surface area contributed by atoms with Crippen LogP contribution in [0.1, 0.15) is 40.2 Å². The second kappa shape index (κ2) is 8.48. The molecule has 1 fully saturated rings. The third-order valence-electron chi connectivity index (χ3n) is 6.93. The molecule has 33 heavy (non-hydrogen) atoms. The molecule has 6 nitrogen and oxygen atoms in total. The van der Waals surface area contributed by atoms with Crippen molar-refractivity contribution < 1.29 is 14.0 Å². The van der Waals surface area contributed by atoms with Gasteiger partial charge in [-0.15, -0.1) is 0 Å². The number of hydrogen-bond acceptors (Lipinski definition) is 4. The number of nitrogens with one attached hydrogen (secondary N) is 2. The summed E-state index contributed by atoms with van der Waals surface area (Å²) in [6.07, 6.45) is 5.30. The van der Waals surface area contributed by atoms with Gasteiger partial charge in [0.15, 0.2) is 0 Å². The Morgan fingerprint density at radius 2 is 1.88 bits per heavy atom. The number of fused-ring (bicyclic) bond motifs is 3. The minimum atomic E-state index is -0.519. The number of carbonyl (C=O) groups is 2. The molecule has 0 bridgehead atoms. The number of piperidine rings is 1. The molecule has 0 saturated carbocycles. The SMILES string of the molecule is CN1CCC(NC(=O)c2ccc3c(c2)NC2C(C(N)=O)=CC=C(c4ccccc4F)C32)CC1. The van der Waals surface area contributed by atoms with E-state index in [4.69, 9.17) is 5.73 Å². The van der Waals surface area contributed by atoms with Gasteiger partial charge in [0.1, 0.15) is 5.82 Å². The van der Waals surface area contributed by atoms with Crippen LogP contribution in [0.25, 0.3) is 5.57 Å². The molecule has 2 aliphatic heterocycles. The summed E-state index contributed by atoms with van der Waals surface area (Å²) in [5.41, 5.74) is 9.58. The second-order valence-corrected chi connectivity index (χ2v) is 9.04. The van der Waals surface area contributed by atoms with E-state index in [0.717, 1.165) is 42.8 Å². The molecule has 0 radical (unpaired) electrons. The number of nitrogens with zero attached hydrogens (tertiary/aromatic N) is 1. The van der Waals surface area contributed by atoms with Crippen molar-refractivity contribution in [3.05, 3.63) is 82.7 Å². The molecule has 2 aromatic rings. The Bertz CT molecular complexity index is 1180. The number of anilines is 1. The van der Waals surface area contributed by atoms with Crippen LogP contribution >= 0.6 is 0 Å². The van der Waals surface area contributed by atoms with Crippen LogP contribution in [-0.4, -0.2) is 48.9 Å². The number of primary amides is 1. The van der Waals surface area contributed by atoms with Gasteiger partial charge >= 0.3 is 0 Å². The summed E-state index contributed by atoms with van der Waals surface area (Å²) in [6, 6.07) is 11.9. The molecular weight excluding hydrogens is 419 g/mol. The van der Waals surface area contributed by atoms with E-state index in [-0.39, 0.29) is 23.7 Å². The Labute approximate surface area is 192 Å². The fourth-order valence-corrected chi connectivity index (χ4v) is 5.13. The highest BCUT2D eigenvalue weighted by Gasteiger charge is 2.41. The smallest absolute Gasteiger partial charge is 0.251 e. The van der Waals surface area contributed by atoms with Gasteiger partial charge in [0, 0.05) is 34.3 Å². The molecular formula is C26H27FN4O2. The van der Waals surface area contributed by atoms with E-state index in [1.807, 2.05) is 12.1 Å². The lowest BCUT2D eigenvalue weighted by atomic mass is 9.77. The van der Waals surface area contributed by atoms with Crippen LogP contribution in [0, 0.1) is 5.82 Å². The van der Waals surface area contributed by atoms with Gasteiger partial charge in [-0.2, -0.15) is 0 Å². The summed E-state index contributed by atoms with van der Waals surface area (Å²) in [6.45, 7) is 1.93. The van der Waals surface area contributed by atoms with E-state index >= 15 is 0 Å². The third-order valence-corrected chi connectivity index (χ3v) is 6.93. The van der Waals surface area contributed by atoms with Gasteiger partial charge in [0.25, 0.3) is 5.91 Å². The number of benzene rings is 2. The molecule has 4 N–H and O–H groups in total. The Hall–Kier alpha value is -3.45. The van der Waals surface area contributed by atoms with Crippen molar-refractivity contribution in [1.29, 1.82) is 0 Å². The number of nitrogens with two attached hydrogens (primary N) is 1. The molecule has 1 saturated heterocycles. The maximum absolute atomic E-state index is 14.7. The Balaban J connectivity index is 1.46. The quantitative estimate of drug-likeness (QED) is 0.674. The highest BCUT2D eigenvalue weighted by atomic mass is 19.1. The normalized spacial score (nSPS) is 22.5. The van der Waals surface area contributed by atoms with E-state index in [0.29, 0.717) is 16.7 Å². The summed E-state index contributed by atoms with van der Waals surface area (Å²) in [7, 11) is 2.09. The molecule has 2 unspecified atom stereocenters. The molecule has 2 heterocycles. The maximum atomic E-state index is 14.7. The van der Waals surface area contributed by atoms with Crippen molar-refractivity contribution in [3.63, 3.8) is 0 Å². The zero-order chi connectivity index (χ0) is 23.1. The Kier molecular flexibility index (Phi) is 5.50. The van der Waals surface area contributed by atoms with Crippen molar-refractivity contribution in [3.8, 4) is 0 Å². The van der Waals surface area contributed by atoms with Crippen LogP contribution in [0.15, 0.2) is 60.2 Å². The first-order valence-corrected chi connectivity index (χ1v) is 11.3. The first kappa shape index (κ1) is 21.4.